The van der Waals surface area contributed by atoms with E-state index in [0.717, 1.165) is 0 Å². The normalized spacial score (nSPS) is 10.8. The summed E-state index contributed by atoms with van der Waals surface area (Å²) in [4.78, 5) is 10.7. The molecule has 3 nitrogen and oxygen atoms in total. The highest BCUT2D eigenvalue weighted by Gasteiger charge is 2.12. The molecule has 0 aromatic heterocycles. The standard InChI is InChI=1S/C13H10F2O3/c14-13(15)18-11-6-5-8(7-12(16)17)9-3-1-2-4-10(9)11/h1-6,13H,7H2,(H,16,17). The lowest BCUT2D eigenvalue weighted by Gasteiger charge is -2.10. The zero-order valence-electron chi connectivity index (χ0n) is 9.27. The molecular formula is C13H10F2O3. The van der Waals surface area contributed by atoms with Crippen LogP contribution < -0.4 is 4.74 Å². The van der Waals surface area contributed by atoms with Crippen molar-refractivity contribution < 1.29 is 23.4 Å². The average molecular weight is 252 g/mol. The van der Waals surface area contributed by atoms with Crippen LogP contribution in [-0.2, 0) is 11.2 Å². The second-order valence-electron chi connectivity index (χ2n) is 3.72. The molecule has 0 atom stereocenters. The zero-order chi connectivity index (χ0) is 13.1. The topological polar surface area (TPSA) is 46.5 Å². The van der Waals surface area contributed by atoms with Crippen molar-refractivity contribution in [2.45, 2.75) is 13.0 Å². The number of halogens is 2. The van der Waals surface area contributed by atoms with Crippen LogP contribution in [0.1, 0.15) is 5.56 Å². The monoisotopic (exact) mass is 252 g/mol. The Hall–Kier alpha value is -2.17. The minimum absolute atomic E-state index is 0.0507. The molecule has 0 aliphatic rings. The summed E-state index contributed by atoms with van der Waals surface area (Å²) in [7, 11) is 0. The Morgan fingerprint density at radius 3 is 2.44 bits per heavy atom. The van der Waals surface area contributed by atoms with E-state index in [1.807, 2.05) is 0 Å². The van der Waals surface area contributed by atoms with E-state index in [1.165, 1.54) is 12.1 Å². The third-order valence-electron chi connectivity index (χ3n) is 2.53. The number of benzene rings is 2. The minimum Gasteiger partial charge on any atom is -0.481 e. The summed E-state index contributed by atoms with van der Waals surface area (Å²) in [6.45, 7) is -2.90. The average Bonchev–Trinajstić information content (AvgIpc) is 2.31. The fraction of sp³-hybridized carbons (Fsp3) is 0.154. The fourth-order valence-electron chi connectivity index (χ4n) is 1.85. The van der Waals surface area contributed by atoms with Crippen LogP contribution in [0.2, 0.25) is 0 Å². The maximum atomic E-state index is 12.2. The predicted molar refractivity (Wildman–Crippen MR) is 61.9 cm³/mol. The molecule has 0 bridgehead atoms. The van der Waals surface area contributed by atoms with E-state index >= 15 is 0 Å². The van der Waals surface area contributed by atoms with Gasteiger partial charge in [0.15, 0.2) is 0 Å². The van der Waals surface area contributed by atoms with Gasteiger partial charge in [-0.25, -0.2) is 0 Å². The number of alkyl halides is 2. The van der Waals surface area contributed by atoms with Crippen LogP contribution in [0.5, 0.6) is 5.75 Å². The van der Waals surface area contributed by atoms with Crippen LogP contribution in [0.3, 0.4) is 0 Å². The number of hydrogen-bond donors (Lipinski definition) is 1. The van der Waals surface area contributed by atoms with Crippen molar-refractivity contribution in [2.75, 3.05) is 0 Å². The molecule has 2 rings (SSSR count). The van der Waals surface area contributed by atoms with Crippen molar-refractivity contribution in [3.8, 4) is 5.75 Å². The van der Waals surface area contributed by atoms with E-state index in [0.29, 0.717) is 16.3 Å². The van der Waals surface area contributed by atoms with E-state index in [4.69, 9.17) is 5.11 Å². The van der Waals surface area contributed by atoms with E-state index in [1.54, 1.807) is 24.3 Å². The van der Waals surface area contributed by atoms with E-state index in [-0.39, 0.29) is 12.2 Å². The van der Waals surface area contributed by atoms with Crippen molar-refractivity contribution in [2.24, 2.45) is 0 Å². The first-order valence-electron chi connectivity index (χ1n) is 5.25. The summed E-state index contributed by atoms with van der Waals surface area (Å²) in [5.41, 5.74) is 0.569. The molecule has 18 heavy (non-hydrogen) atoms. The van der Waals surface area contributed by atoms with Gasteiger partial charge in [-0.05, 0) is 17.0 Å². The lowest BCUT2D eigenvalue weighted by atomic mass is 10.0. The van der Waals surface area contributed by atoms with Crippen LogP contribution >= 0.6 is 0 Å². The number of rotatable bonds is 4. The first-order valence-corrected chi connectivity index (χ1v) is 5.25. The van der Waals surface area contributed by atoms with Crippen LogP contribution in [0.15, 0.2) is 36.4 Å². The zero-order valence-corrected chi connectivity index (χ0v) is 9.27. The number of carboxylic acids is 1. The Bertz CT molecular complexity index is 581. The van der Waals surface area contributed by atoms with Crippen molar-refractivity contribution in [1.29, 1.82) is 0 Å². The summed E-state index contributed by atoms with van der Waals surface area (Å²) >= 11 is 0. The van der Waals surface area contributed by atoms with Crippen LogP contribution in [0.4, 0.5) is 8.78 Å². The second kappa shape index (κ2) is 5.00. The lowest BCUT2D eigenvalue weighted by molar-refractivity contribution is -0.136. The third kappa shape index (κ3) is 2.56. The molecule has 0 heterocycles. The van der Waals surface area contributed by atoms with Gasteiger partial charge < -0.3 is 9.84 Å². The Labute approximate surface area is 102 Å². The van der Waals surface area contributed by atoms with Crippen molar-refractivity contribution >= 4 is 16.7 Å². The molecule has 0 unspecified atom stereocenters. The SMILES string of the molecule is O=C(O)Cc1ccc(OC(F)F)c2ccccc12. The molecule has 2 aromatic rings. The highest BCUT2D eigenvalue weighted by Crippen LogP contribution is 2.29. The van der Waals surface area contributed by atoms with Crippen LogP contribution in [0.25, 0.3) is 10.8 Å². The number of carboxylic acid groups (broad SMARTS) is 1. The molecule has 2 aromatic carbocycles. The van der Waals surface area contributed by atoms with E-state index in [2.05, 4.69) is 4.74 Å². The van der Waals surface area contributed by atoms with Gasteiger partial charge in [0.2, 0.25) is 0 Å². The Morgan fingerprint density at radius 2 is 1.83 bits per heavy atom. The summed E-state index contributed by atoms with van der Waals surface area (Å²) in [5.74, 6) is -0.919. The maximum Gasteiger partial charge on any atom is 0.387 e. The summed E-state index contributed by atoms with van der Waals surface area (Å²) < 4.78 is 28.9. The van der Waals surface area contributed by atoms with Gasteiger partial charge >= 0.3 is 12.6 Å². The highest BCUT2D eigenvalue weighted by atomic mass is 19.3. The summed E-state index contributed by atoms with van der Waals surface area (Å²) in [6.07, 6.45) is -0.157. The van der Waals surface area contributed by atoms with Gasteiger partial charge in [0, 0.05) is 5.39 Å². The van der Waals surface area contributed by atoms with Crippen molar-refractivity contribution in [3.05, 3.63) is 42.0 Å². The van der Waals surface area contributed by atoms with Gasteiger partial charge in [-0.1, -0.05) is 30.3 Å². The van der Waals surface area contributed by atoms with E-state index in [9.17, 15) is 13.6 Å². The third-order valence-corrected chi connectivity index (χ3v) is 2.53. The van der Waals surface area contributed by atoms with Gasteiger partial charge in [0.05, 0.1) is 6.42 Å². The van der Waals surface area contributed by atoms with Gasteiger partial charge in [0.1, 0.15) is 5.75 Å². The Kier molecular flexibility index (Phi) is 3.41. The Morgan fingerprint density at radius 1 is 1.17 bits per heavy atom. The first kappa shape index (κ1) is 12.3. The first-order chi connectivity index (χ1) is 8.58. The van der Waals surface area contributed by atoms with Crippen molar-refractivity contribution in [3.63, 3.8) is 0 Å². The number of aliphatic carboxylic acids is 1. The molecule has 0 radical (unpaired) electrons. The minimum atomic E-state index is -2.90. The highest BCUT2D eigenvalue weighted by molar-refractivity contribution is 5.93. The fourth-order valence-corrected chi connectivity index (χ4v) is 1.85. The van der Waals surface area contributed by atoms with E-state index < -0.39 is 12.6 Å². The molecule has 0 fully saturated rings. The molecule has 94 valence electrons. The lowest BCUT2D eigenvalue weighted by Crippen LogP contribution is -2.04. The van der Waals surface area contributed by atoms with Crippen LogP contribution in [0, 0.1) is 0 Å². The van der Waals surface area contributed by atoms with Gasteiger partial charge in [-0.3, -0.25) is 4.79 Å². The van der Waals surface area contributed by atoms with Gasteiger partial charge in [-0.2, -0.15) is 8.78 Å². The number of hydrogen-bond acceptors (Lipinski definition) is 2. The molecule has 1 N–H and O–H groups in total. The number of ether oxygens (including phenoxy) is 1. The number of carbonyl (C=O) groups is 1. The van der Waals surface area contributed by atoms with Gasteiger partial charge in [0.25, 0.3) is 0 Å². The predicted octanol–water partition coefficient (Wildman–Crippen LogP) is 3.07. The smallest absolute Gasteiger partial charge is 0.387 e. The van der Waals surface area contributed by atoms with Crippen LogP contribution in [-0.4, -0.2) is 17.7 Å². The summed E-state index contributed by atoms with van der Waals surface area (Å²) in [5, 5.41) is 9.88. The van der Waals surface area contributed by atoms with Gasteiger partial charge in [-0.15, -0.1) is 0 Å². The molecule has 5 heteroatoms. The quantitative estimate of drug-likeness (QED) is 0.909. The summed E-state index contributed by atoms with van der Waals surface area (Å²) in [6, 6.07) is 9.58. The number of fused-ring (bicyclic) bond motifs is 1. The molecule has 0 spiro atoms. The molecule has 0 aliphatic carbocycles. The second-order valence-corrected chi connectivity index (χ2v) is 3.72. The maximum absolute atomic E-state index is 12.2. The largest absolute Gasteiger partial charge is 0.481 e. The molecule has 0 aliphatic heterocycles. The molecule has 0 amide bonds. The Balaban J connectivity index is 2.54. The molecular weight excluding hydrogens is 242 g/mol. The van der Waals surface area contributed by atoms with Crippen molar-refractivity contribution in [1.82, 2.24) is 0 Å². The molecule has 0 saturated heterocycles. The molecule has 0 saturated carbocycles.